The van der Waals surface area contributed by atoms with Crippen molar-refractivity contribution in [1.82, 2.24) is 0 Å². The van der Waals surface area contributed by atoms with E-state index in [2.05, 4.69) is 0 Å². The largest absolute Gasteiger partial charge is 0.396 e. The van der Waals surface area contributed by atoms with Gasteiger partial charge in [-0.25, -0.2) is 4.39 Å². The Morgan fingerprint density at radius 2 is 1.94 bits per heavy atom. The molecule has 0 bridgehead atoms. The normalized spacial score (nSPS) is 18.3. The second-order valence-electron chi connectivity index (χ2n) is 3.88. The number of halogens is 1. The number of nitrogens with zero attached hydrogens (tertiary/aromatic N) is 1. The van der Waals surface area contributed by atoms with E-state index in [9.17, 15) is 4.39 Å². The summed E-state index contributed by atoms with van der Waals surface area (Å²) in [4.78, 5) is 1.97. The number of ether oxygens (including phenoxy) is 2. The fraction of sp³-hybridized carbons (Fsp3) is 0.455. The van der Waals surface area contributed by atoms with Gasteiger partial charge in [0.2, 0.25) is 5.79 Å². The molecule has 1 fully saturated rings. The molecule has 0 unspecified atom stereocenters. The SMILES string of the molecule is COC1(OC)CN(c2ccc(N)c(F)c2)C1. The summed E-state index contributed by atoms with van der Waals surface area (Å²) in [5.41, 5.74) is 6.36. The second kappa shape index (κ2) is 3.92. The van der Waals surface area contributed by atoms with Gasteiger partial charge in [-0.15, -0.1) is 0 Å². The van der Waals surface area contributed by atoms with Gasteiger partial charge in [0.05, 0.1) is 18.8 Å². The van der Waals surface area contributed by atoms with E-state index < -0.39 is 11.6 Å². The average Bonchev–Trinajstić information content (AvgIpc) is 2.23. The third-order valence-corrected chi connectivity index (χ3v) is 2.96. The predicted octanol–water partition coefficient (Wildman–Crippen LogP) is 1.22. The minimum absolute atomic E-state index is 0.161. The molecule has 1 aliphatic rings. The van der Waals surface area contributed by atoms with Crippen LogP contribution in [-0.4, -0.2) is 33.1 Å². The van der Waals surface area contributed by atoms with E-state index in [1.54, 1.807) is 26.4 Å². The molecule has 2 N–H and O–H groups in total. The van der Waals surface area contributed by atoms with E-state index in [0.29, 0.717) is 13.1 Å². The van der Waals surface area contributed by atoms with Gasteiger partial charge in [0.25, 0.3) is 0 Å². The summed E-state index contributed by atoms with van der Waals surface area (Å²) in [6.45, 7) is 1.17. The van der Waals surface area contributed by atoms with Crippen molar-refractivity contribution in [3.05, 3.63) is 24.0 Å². The van der Waals surface area contributed by atoms with Crippen molar-refractivity contribution >= 4 is 11.4 Å². The minimum Gasteiger partial charge on any atom is -0.396 e. The molecule has 1 aromatic carbocycles. The Bertz CT molecular complexity index is 386. The van der Waals surface area contributed by atoms with Crippen molar-refractivity contribution in [3.63, 3.8) is 0 Å². The molecule has 1 heterocycles. The van der Waals surface area contributed by atoms with Gasteiger partial charge >= 0.3 is 0 Å². The first-order chi connectivity index (χ1) is 7.60. The van der Waals surface area contributed by atoms with Crippen LogP contribution in [0.5, 0.6) is 0 Å². The van der Waals surface area contributed by atoms with Crippen LogP contribution in [0.1, 0.15) is 0 Å². The third-order valence-electron chi connectivity index (χ3n) is 2.96. The summed E-state index contributed by atoms with van der Waals surface area (Å²) in [7, 11) is 3.20. The number of rotatable bonds is 3. The van der Waals surface area contributed by atoms with Crippen molar-refractivity contribution < 1.29 is 13.9 Å². The van der Waals surface area contributed by atoms with Gasteiger partial charge in [0.1, 0.15) is 5.82 Å². The quantitative estimate of drug-likeness (QED) is 0.622. The lowest BCUT2D eigenvalue weighted by molar-refractivity contribution is -0.219. The summed E-state index contributed by atoms with van der Waals surface area (Å²) in [5, 5.41) is 0. The van der Waals surface area contributed by atoms with Gasteiger partial charge in [-0.3, -0.25) is 0 Å². The maximum Gasteiger partial charge on any atom is 0.203 e. The lowest BCUT2D eigenvalue weighted by atomic mass is 10.1. The molecule has 1 aromatic rings. The first-order valence-electron chi connectivity index (χ1n) is 5.00. The molecule has 0 aromatic heterocycles. The van der Waals surface area contributed by atoms with Gasteiger partial charge in [-0.1, -0.05) is 0 Å². The number of nitrogen functional groups attached to an aromatic ring is 1. The lowest BCUT2D eigenvalue weighted by Gasteiger charge is -2.48. The number of hydrogen-bond acceptors (Lipinski definition) is 4. The second-order valence-corrected chi connectivity index (χ2v) is 3.88. The molecular weight excluding hydrogens is 211 g/mol. The number of hydrogen-bond donors (Lipinski definition) is 1. The Morgan fingerprint density at radius 3 is 2.44 bits per heavy atom. The zero-order valence-electron chi connectivity index (χ0n) is 9.37. The number of benzene rings is 1. The summed E-state index contributed by atoms with van der Waals surface area (Å²) in [6, 6.07) is 4.77. The Labute approximate surface area is 93.7 Å². The van der Waals surface area contributed by atoms with Crippen LogP contribution in [0.15, 0.2) is 18.2 Å². The van der Waals surface area contributed by atoms with Crippen LogP contribution in [0.3, 0.4) is 0 Å². The smallest absolute Gasteiger partial charge is 0.203 e. The Hall–Kier alpha value is -1.33. The molecule has 1 aliphatic heterocycles. The topological polar surface area (TPSA) is 47.7 Å². The summed E-state index contributed by atoms with van der Waals surface area (Å²) < 4.78 is 23.7. The lowest BCUT2D eigenvalue weighted by Crippen LogP contribution is -2.64. The van der Waals surface area contributed by atoms with Crippen LogP contribution >= 0.6 is 0 Å². The van der Waals surface area contributed by atoms with E-state index >= 15 is 0 Å². The van der Waals surface area contributed by atoms with Crippen LogP contribution in [-0.2, 0) is 9.47 Å². The Morgan fingerprint density at radius 1 is 1.31 bits per heavy atom. The average molecular weight is 226 g/mol. The van der Waals surface area contributed by atoms with E-state index in [4.69, 9.17) is 15.2 Å². The van der Waals surface area contributed by atoms with Crippen molar-refractivity contribution in [2.45, 2.75) is 5.79 Å². The zero-order valence-corrected chi connectivity index (χ0v) is 9.37. The molecule has 1 saturated heterocycles. The molecule has 5 heteroatoms. The van der Waals surface area contributed by atoms with E-state index in [-0.39, 0.29) is 5.69 Å². The van der Waals surface area contributed by atoms with Crippen LogP contribution < -0.4 is 10.6 Å². The van der Waals surface area contributed by atoms with E-state index in [1.165, 1.54) is 6.07 Å². The van der Waals surface area contributed by atoms with Crippen molar-refractivity contribution in [2.75, 3.05) is 37.9 Å². The molecule has 0 aliphatic carbocycles. The Balaban J connectivity index is 2.09. The van der Waals surface area contributed by atoms with Crippen molar-refractivity contribution in [1.29, 1.82) is 0 Å². The van der Waals surface area contributed by atoms with Crippen molar-refractivity contribution in [3.8, 4) is 0 Å². The fourth-order valence-corrected chi connectivity index (χ4v) is 1.77. The molecular formula is C11H15FN2O2. The highest BCUT2D eigenvalue weighted by Gasteiger charge is 2.43. The minimum atomic E-state index is -0.558. The summed E-state index contributed by atoms with van der Waals surface area (Å²) >= 11 is 0. The molecule has 4 nitrogen and oxygen atoms in total. The molecule has 0 spiro atoms. The first kappa shape index (κ1) is 11.2. The number of anilines is 2. The molecule has 0 radical (unpaired) electrons. The Kier molecular flexibility index (Phi) is 2.73. The van der Waals surface area contributed by atoms with E-state index in [0.717, 1.165) is 5.69 Å². The van der Waals surface area contributed by atoms with Crippen LogP contribution in [0.4, 0.5) is 15.8 Å². The van der Waals surface area contributed by atoms with Crippen molar-refractivity contribution in [2.24, 2.45) is 0 Å². The molecule has 0 amide bonds. The third kappa shape index (κ3) is 1.72. The molecule has 2 rings (SSSR count). The predicted molar refractivity (Wildman–Crippen MR) is 59.8 cm³/mol. The molecule has 16 heavy (non-hydrogen) atoms. The maximum absolute atomic E-state index is 13.2. The fourth-order valence-electron chi connectivity index (χ4n) is 1.77. The van der Waals surface area contributed by atoms with Gasteiger partial charge in [0, 0.05) is 19.9 Å². The zero-order chi connectivity index (χ0) is 11.8. The molecule has 0 saturated carbocycles. The monoisotopic (exact) mass is 226 g/mol. The first-order valence-corrected chi connectivity index (χ1v) is 5.00. The highest BCUT2D eigenvalue weighted by molar-refractivity contribution is 5.56. The van der Waals surface area contributed by atoms with Gasteiger partial charge in [-0.05, 0) is 18.2 Å². The van der Waals surface area contributed by atoms with Crippen LogP contribution in [0.25, 0.3) is 0 Å². The molecule has 88 valence electrons. The number of nitrogens with two attached hydrogens (primary N) is 1. The summed E-state index contributed by atoms with van der Waals surface area (Å²) in [6.07, 6.45) is 0. The highest BCUT2D eigenvalue weighted by Crippen LogP contribution is 2.31. The number of methoxy groups -OCH3 is 2. The van der Waals surface area contributed by atoms with Crippen LogP contribution in [0.2, 0.25) is 0 Å². The molecule has 0 atom stereocenters. The standard InChI is InChI=1S/C11H15FN2O2/c1-15-11(16-2)6-14(7-11)8-3-4-10(13)9(12)5-8/h3-5H,6-7,13H2,1-2H3. The van der Waals surface area contributed by atoms with Crippen LogP contribution in [0, 0.1) is 5.82 Å². The maximum atomic E-state index is 13.2. The summed E-state index contributed by atoms with van der Waals surface area (Å²) in [5.74, 6) is -0.956. The van der Waals surface area contributed by atoms with E-state index in [1.807, 2.05) is 4.90 Å². The van der Waals surface area contributed by atoms with Gasteiger partial charge in [0.15, 0.2) is 0 Å². The van der Waals surface area contributed by atoms with Gasteiger partial charge in [-0.2, -0.15) is 0 Å². The highest BCUT2D eigenvalue weighted by atomic mass is 19.1. The van der Waals surface area contributed by atoms with Gasteiger partial charge < -0.3 is 20.1 Å².